The van der Waals surface area contributed by atoms with Crippen LogP contribution in [0.2, 0.25) is 0 Å². The summed E-state index contributed by atoms with van der Waals surface area (Å²) in [4.78, 5) is 24.0. The average Bonchev–Trinajstić information content (AvgIpc) is 2.78. The molecule has 0 unspecified atom stereocenters. The maximum Gasteiger partial charge on any atom is 0.417 e. The van der Waals surface area contributed by atoms with Crippen LogP contribution in [0.25, 0.3) is 0 Å². The molecule has 2 aromatic rings. The topological polar surface area (TPSA) is 92.8 Å². The third-order valence-electron chi connectivity index (χ3n) is 5.56. The van der Waals surface area contributed by atoms with Gasteiger partial charge in [0, 0.05) is 19.0 Å². The molecule has 33 heavy (non-hydrogen) atoms. The Kier molecular flexibility index (Phi) is 7.13. The molecule has 0 bridgehead atoms. The molecular formula is C22H23F3N2O5S. The molecular weight excluding hydrogens is 461 g/mol. The summed E-state index contributed by atoms with van der Waals surface area (Å²) >= 11 is 0. The van der Waals surface area contributed by atoms with E-state index < -0.39 is 44.5 Å². The van der Waals surface area contributed by atoms with Crippen molar-refractivity contribution in [1.82, 2.24) is 4.31 Å². The van der Waals surface area contributed by atoms with E-state index in [0.29, 0.717) is 5.56 Å². The third kappa shape index (κ3) is 5.19. The number of esters is 1. The van der Waals surface area contributed by atoms with E-state index in [4.69, 9.17) is 4.74 Å². The lowest BCUT2D eigenvalue weighted by molar-refractivity contribution is -0.139. The highest BCUT2D eigenvalue weighted by Crippen LogP contribution is 2.36. The first-order valence-electron chi connectivity index (χ1n) is 10.1. The quantitative estimate of drug-likeness (QED) is 0.651. The summed E-state index contributed by atoms with van der Waals surface area (Å²) in [5.74, 6) is -1.58. The number of carbonyl (C=O) groups is 2. The average molecular weight is 484 g/mol. The molecule has 1 aliphatic rings. The number of carbonyl (C=O) groups excluding carboxylic acids is 2. The molecule has 1 aliphatic heterocycles. The number of rotatable bonds is 5. The molecule has 1 fully saturated rings. The number of hydrogen-bond acceptors (Lipinski definition) is 5. The van der Waals surface area contributed by atoms with Gasteiger partial charge in [-0.25, -0.2) is 13.2 Å². The van der Waals surface area contributed by atoms with Gasteiger partial charge in [-0.1, -0.05) is 24.3 Å². The predicted octanol–water partition coefficient (Wildman–Crippen LogP) is 3.84. The molecule has 3 rings (SSSR count). The molecule has 0 saturated carbocycles. The van der Waals surface area contributed by atoms with E-state index in [1.807, 2.05) is 0 Å². The molecule has 1 N–H and O–H groups in total. The van der Waals surface area contributed by atoms with E-state index in [1.165, 1.54) is 13.2 Å². The van der Waals surface area contributed by atoms with Crippen molar-refractivity contribution >= 4 is 27.6 Å². The van der Waals surface area contributed by atoms with E-state index in [1.54, 1.807) is 25.1 Å². The van der Waals surface area contributed by atoms with Crippen LogP contribution in [-0.2, 0) is 25.7 Å². The van der Waals surface area contributed by atoms with Gasteiger partial charge in [-0.2, -0.15) is 17.5 Å². The molecule has 178 valence electrons. The Bertz CT molecular complexity index is 1160. The Morgan fingerprint density at radius 3 is 2.30 bits per heavy atom. The predicted molar refractivity (Wildman–Crippen MR) is 114 cm³/mol. The maximum atomic E-state index is 13.3. The highest BCUT2D eigenvalue weighted by molar-refractivity contribution is 7.89. The molecule has 11 heteroatoms. The van der Waals surface area contributed by atoms with Crippen LogP contribution < -0.4 is 5.32 Å². The molecule has 7 nitrogen and oxygen atoms in total. The zero-order chi connectivity index (χ0) is 24.4. The van der Waals surface area contributed by atoms with Gasteiger partial charge < -0.3 is 10.1 Å². The normalized spacial score (nSPS) is 15.8. The van der Waals surface area contributed by atoms with Crippen molar-refractivity contribution in [3.05, 3.63) is 59.2 Å². The van der Waals surface area contributed by atoms with Crippen molar-refractivity contribution in [2.45, 2.75) is 30.8 Å². The molecule has 2 aromatic carbocycles. The number of amides is 1. The van der Waals surface area contributed by atoms with Crippen LogP contribution in [-0.4, -0.2) is 44.8 Å². The van der Waals surface area contributed by atoms with Crippen molar-refractivity contribution in [3.8, 4) is 0 Å². The highest BCUT2D eigenvalue weighted by Gasteiger charge is 2.40. The van der Waals surface area contributed by atoms with Crippen molar-refractivity contribution in [2.24, 2.45) is 5.92 Å². The van der Waals surface area contributed by atoms with Crippen LogP contribution in [0, 0.1) is 12.8 Å². The zero-order valence-corrected chi connectivity index (χ0v) is 18.8. The van der Waals surface area contributed by atoms with Crippen LogP contribution in [0.4, 0.5) is 18.9 Å². The second-order valence-electron chi connectivity index (χ2n) is 7.65. The second-order valence-corrected chi connectivity index (χ2v) is 9.56. The third-order valence-corrected chi connectivity index (χ3v) is 7.51. The van der Waals surface area contributed by atoms with Gasteiger partial charge in [-0.05, 0) is 43.5 Å². The number of sulfonamides is 1. The smallest absolute Gasteiger partial charge is 0.417 e. The SMILES string of the molecule is COC(=O)c1c(C)cccc1NC(=O)C1CCN(S(=O)(=O)c2ccccc2C(F)(F)F)CC1. The van der Waals surface area contributed by atoms with Gasteiger partial charge in [0.25, 0.3) is 0 Å². The number of hydrogen-bond donors (Lipinski definition) is 1. The van der Waals surface area contributed by atoms with E-state index in [9.17, 15) is 31.2 Å². The molecule has 1 saturated heterocycles. The van der Waals surface area contributed by atoms with E-state index in [0.717, 1.165) is 22.5 Å². The number of benzene rings is 2. The number of alkyl halides is 3. The van der Waals surface area contributed by atoms with Crippen LogP contribution >= 0.6 is 0 Å². The molecule has 0 spiro atoms. The number of ether oxygens (including phenoxy) is 1. The van der Waals surface area contributed by atoms with Crippen LogP contribution in [0.3, 0.4) is 0 Å². The summed E-state index contributed by atoms with van der Waals surface area (Å²) in [6.45, 7) is 1.48. The first kappa shape index (κ1) is 24.7. The fraction of sp³-hybridized carbons (Fsp3) is 0.364. The number of nitrogens with one attached hydrogen (secondary N) is 1. The van der Waals surface area contributed by atoms with Gasteiger partial charge in [0.1, 0.15) is 0 Å². The highest BCUT2D eigenvalue weighted by atomic mass is 32.2. The van der Waals surface area contributed by atoms with Gasteiger partial charge in [0.2, 0.25) is 15.9 Å². The number of piperidine rings is 1. The maximum absolute atomic E-state index is 13.3. The Balaban J connectivity index is 1.73. The van der Waals surface area contributed by atoms with Crippen LogP contribution in [0.15, 0.2) is 47.4 Å². The van der Waals surface area contributed by atoms with Gasteiger partial charge in [-0.15, -0.1) is 0 Å². The largest absolute Gasteiger partial charge is 0.465 e. The van der Waals surface area contributed by atoms with Crippen molar-refractivity contribution in [1.29, 1.82) is 0 Å². The summed E-state index contributed by atoms with van der Waals surface area (Å²) in [6, 6.07) is 8.96. The Morgan fingerprint density at radius 1 is 1.06 bits per heavy atom. The number of anilines is 1. The minimum atomic E-state index is -4.81. The fourth-order valence-corrected chi connectivity index (χ4v) is 5.48. The lowest BCUT2D eigenvalue weighted by atomic mass is 9.96. The Morgan fingerprint density at radius 2 is 1.70 bits per heavy atom. The van der Waals surface area contributed by atoms with Crippen molar-refractivity contribution < 1.29 is 35.9 Å². The molecule has 0 aliphatic carbocycles. The summed E-state index contributed by atoms with van der Waals surface area (Å²) in [6.07, 6.45) is -4.57. The Hall–Kier alpha value is -2.92. The van der Waals surface area contributed by atoms with Crippen molar-refractivity contribution in [3.63, 3.8) is 0 Å². The standard InChI is InChI=1S/C22H23F3N2O5S/c1-14-6-5-8-17(19(14)21(29)32-2)26-20(28)15-10-12-27(13-11-15)33(30,31)18-9-4-3-7-16(18)22(23,24)25/h3-9,15H,10-13H2,1-2H3,(H,26,28). The van der Waals surface area contributed by atoms with Crippen molar-refractivity contribution in [2.75, 3.05) is 25.5 Å². The summed E-state index contributed by atoms with van der Waals surface area (Å²) < 4.78 is 71.4. The zero-order valence-electron chi connectivity index (χ0n) is 18.0. The van der Waals surface area contributed by atoms with Gasteiger partial charge in [0.05, 0.1) is 28.8 Å². The number of halogens is 3. The Labute approximate surface area is 189 Å². The first-order valence-corrected chi connectivity index (χ1v) is 11.6. The molecule has 0 aromatic heterocycles. The minimum Gasteiger partial charge on any atom is -0.465 e. The number of nitrogens with zero attached hydrogens (tertiary/aromatic N) is 1. The number of methoxy groups -OCH3 is 1. The van der Waals surface area contributed by atoms with E-state index in [2.05, 4.69) is 5.32 Å². The fourth-order valence-electron chi connectivity index (χ4n) is 3.80. The second kappa shape index (κ2) is 9.52. The van der Waals surface area contributed by atoms with Crippen LogP contribution in [0.5, 0.6) is 0 Å². The molecule has 0 radical (unpaired) electrons. The van der Waals surface area contributed by atoms with E-state index in [-0.39, 0.29) is 37.2 Å². The summed E-state index contributed by atoms with van der Waals surface area (Å²) in [5.41, 5.74) is -0.110. The lowest BCUT2D eigenvalue weighted by Crippen LogP contribution is -2.42. The van der Waals surface area contributed by atoms with Gasteiger partial charge >= 0.3 is 12.1 Å². The van der Waals surface area contributed by atoms with Gasteiger partial charge in [-0.3, -0.25) is 4.79 Å². The molecule has 1 heterocycles. The van der Waals surface area contributed by atoms with E-state index >= 15 is 0 Å². The molecule has 1 amide bonds. The summed E-state index contributed by atoms with van der Waals surface area (Å²) in [5, 5.41) is 2.69. The first-order chi connectivity index (χ1) is 15.5. The summed E-state index contributed by atoms with van der Waals surface area (Å²) in [7, 11) is -3.16. The lowest BCUT2D eigenvalue weighted by Gasteiger charge is -2.31. The monoisotopic (exact) mass is 484 g/mol. The number of aryl methyl sites for hydroxylation is 1. The minimum absolute atomic E-state index is 0.107. The van der Waals surface area contributed by atoms with Gasteiger partial charge in [0.15, 0.2) is 0 Å². The van der Waals surface area contributed by atoms with Crippen LogP contribution in [0.1, 0.15) is 34.3 Å². The molecule has 0 atom stereocenters.